The van der Waals surface area contributed by atoms with Crippen molar-refractivity contribution in [1.82, 2.24) is 4.98 Å². The third-order valence-electron chi connectivity index (χ3n) is 2.87. The number of carbonyl (C=O) groups excluding carboxylic acids is 1. The molecule has 0 radical (unpaired) electrons. The van der Waals surface area contributed by atoms with Crippen molar-refractivity contribution < 1.29 is 4.79 Å². The van der Waals surface area contributed by atoms with E-state index in [2.05, 4.69) is 26.2 Å². The van der Waals surface area contributed by atoms with Crippen LogP contribution >= 0.6 is 38.9 Å². The molecule has 0 aliphatic heterocycles. The Morgan fingerprint density at radius 2 is 2.19 bits per heavy atom. The zero-order chi connectivity index (χ0) is 15.0. The minimum absolute atomic E-state index is 0.279. The Balaban J connectivity index is 1.97. The Labute approximate surface area is 138 Å². The summed E-state index contributed by atoms with van der Waals surface area (Å²) in [5, 5.41) is 3.34. The van der Waals surface area contributed by atoms with Crippen molar-refractivity contribution in [2.75, 3.05) is 11.1 Å². The highest BCUT2D eigenvalue weighted by molar-refractivity contribution is 9.10. The normalized spacial score (nSPS) is 10.8. The molecule has 0 fully saturated rings. The number of fused-ring (bicyclic) bond motifs is 1. The molecule has 0 unspecified atom stereocenters. The second kappa shape index (κ2) is 5.63. The van der Waals surface area contributed by atoms with E-state index in [1.807, 2.05) is 12.1 Å². The van der Waals surface area contributed by atoms with E-state index in [1.165, 1.54) is 11.3 Å². The van der Waals surface area contributed by atoms with E-state index >= 15 is 0 Å². The second-order valence-electron chi connectivity index (χ2n) is 4.27. The fourth-order valence-electron chi connectivity index (χ4n) is 1.89. The summed E-state index contributed by atoms with van der Waals surface area (Å²) < 4.78 is 1.63. The summed E-state index contributed by atoms with van der Waals surface area (Å²) in [6, 6.07) is 8.88. The smallest absolute Gasteiger partial charge is 0.267 e. The van der Waals surface area contributed by atoms with Crippen LogP contribution in [0.4, 0.5) is 11.4 Å². The number of hydrogen-bond donors (Lipinski definition) is 2. The summed E-state index contributed by atoms with van der Waals surface area (Å²) in [5.41, 5.74) is 7.65. The lowest BCUT2D eigenvalue weighted by Crippen LogP contribution is -2.12. The van der Waals surface area contributed by atoms with Gasteiger partial charge in [0, 0.05) is 15.7 Å². The first-order chi connectivity index (χ1) is 10.1. The minimum atomic E-state index is -0.279. The average molecular weight is 383 g/mol. The van der Waals surface area contributed by atoms with Crippen LogP contribution in [0.25, 0.3) is 10.2 Å². The van der Waals surface area contributed by atoms with Crippen molar-refractivity contribution in [1.29, 1.82) is 0 Å². The van der Waals surface area contributed by atoms with E-state index in [0.29, 0.717) is 26.8 Å². The van der Waals surface area contributed by atoms with Crippen LogP contribution in [0.3, 0.4) is 0 Å². The molecular formula is C14H9BrClN3OS. The maximum absolute atomic E-state index is 12.4. The Morgan fingerprint density at radius 3 is 2.95 bits per heavy atom. The van der Waals surface area contributed by atoms with Gasteiger partial charge in [0.2, 0.25) is 0 Å². The third-order valence-corrected chi connectivity index (χ3v) is 4.95. The molecule has 21 heavy (non-hydrogen) atoms. The molecule has 0 aliphatic rings. The number of hydrogen-bond acceptors (Lipinski definition) is 4. The Morgan fingerprint density at radius 1 is 1.38 bits per heavy atom. The van der Waals surface area contributed by atoms with Gasteiger partial charge in [0.25, 0.3) is 5.91 Å². The molecule has 0 saturated carbocycles. The molecule has 0 spiro atoms. The number of pyridine rings is 1. The molecule has 106 valence electrons. The molecule has 3 N–H and O–H groups in total. The van der Waals surface area contributed by atoms with Gasteiger partial charge in [-0.25, -0.2) is 0 Å². The second-order valence-corrected chi connectivity index (χ2v) is 6.62. The summed E-state index contributed by atoms with van der Waals surface area (Å²) in [4.78, 5) is 17.0. The number of carbonyl (C=O) groups is 1. The van der Waals surface area contributed by atoms with Crippen LogP contribution in [-0.4, -0.2) is 10.9 Å². The molecule has 2 aromatic heterocycles. The zero-order valence-corrected chi connectivity index (χ0v) is 13.7. The van der Waals surface area contributed by atoms with Crippen molar-refractivity contribution in [3.05, 3.63) is 50.9 Å². The van der Waals surface area contributed by atoms with Gasteiger partial charge < -0.3 is 11.1 Å². The Bertz CT molecular complexity index is 849. The maximum Gasteiger partial charge on any atom is 0.267 e. The molecule has 2 heterocycles. The van der Waals surface area contributed by atoms with Crippen molar-refractivity contribution in [2.45, 2.75) is 0 Å². The number of amides is 1. The predicted octanol–water partition coefficient (Wildman–Crippen LogP) is 4.55. The Kier molecular flexibility index (Phi) is 3.84. The number of nitrogens with one attached hydrogen (secondary N) is 1. The molecule has 0 aliphatic carbocycles. The number of nitrogen functional groups attached to an aromatic ring is 1. The van der Waals surface area contributed by atoms with Crippen LogP contribution in [0.15, 0.2) is 41.0 Å². The summed E-state index contributed by atoms with van der Waals surface area (Å²) in [6.45, 7) is 0. The van der Waals surface area contributed by atoms with Crippen LogP contribution in [-0.2, 0) is 0 Å². The van der Waals surface area contributed by atoms with Gasteiger partial charge in [0.05, 0.1) is 16.1 Å². The molecule has 3 aromatic rings. The lowest BCUT2D eigenvalue weighted by Gasteiger charge is -2.07. The molecule has 1 amide bonds. The first-order valence-corrected chi connectivity index (χ1v) is 7.94. The number of aromatic nitrogens is 1. The van der Waals surface area contributed by atoms with E-state index in [9.17, 15) is 4.79 Å². The number of rotatable bonds is 2. The average Bonchev–Trinajstić information content (AvgIpc) is 2.81. The van der Waals surface area contributed by atoms with Crippen LogP contribution in [0.5, 0.6) is 0 Å². The van der Waals surface area contributed by atoms with Crippen LogP contribution < -0.4 is 11.1 Å². The van der Waals surface area contributed by atoms with Gasteiger partial charge in [0.1, 0.15) is 10.4 Å². The topological polar surface area (TPSA) is 68.0 Å². The molecule has 7 heteroatoms. The first-order valence-electron chi connectivity index (χ1n) is 5.95. The fraction of sp³-hybridized carbons (Fsp3) is 0. The standard InChI is InChI=1S/C14H9BrClN3OS/c15-8-4-3-7(16)6-9(8)19-14(20)13-11(17)12-10(21-13)2-1-5-18-12/h1-6H,17H2,(H,19,20). The highest BCUT2D eigenvalue weighted by atomic mass is 79.9. The number of anilines is 2. The SMILES string of the molecule is Nc1c(C(=O)Nc2cc(Cl)ccc2Br)sc2cccnc12. The number of thiophene rings is 1. The molecule has 0 saturated heterocycles. The number of halogens is 2. The monoisotopic (exact) mass is 381 g/mol. The Hall–Kier alpha value is -1.63. The van der Waals surface area contributed by atoms with Crippen molar-refractivity contribution in [3.8, 4) is 0 Å². The lowest BCUT2D eigenvalue weighted by molar-refractivity contribution is 0.103. The highest BCUT2D eigenvalue weighted by Crippen LogP contribution is 2.33. The van der Waals surface area contributed by atoms with Gasteiger partial charge in [-0.1, -0.05) is 11.6 Å². The van der Waals surface area contributed by atoms with Crippen LogP contribution in [0, 0.1) is 0 Å². The number of benzene rings is 1. The predicted molar refractivity (Wildman–Crippen MR) is 91.1 cm³/mol. The largest absolute Gasteiger partial charge is 0.396 e. The lowest BCUT2D eigenvalue weighted by atomic mass is 10.3. The fourth-order valence-corrected chi connectivity index (χ4v) is 3.38. The zero-order valence-electron chi connectivity index (χ0n) is 10.6. The summed E-state index contributed by atoms with van der Waals surface area (Å²) in [6.07, 6.45) is 1.65. The molecule has 0 atom stereocenters. The summed E-state index contributed by atoms with van der Waals surface area (Å²) in [5.74, 6) is -0.279. The van der Waals surface area contributed by atoms with E-state index < -0.39 is 0 Å². The number of nitrogens with zero attached hydrogens (tertiary/aromatic N) is 1. The van der Waals surface area contributed by atoms with Crippen LogP contribution in [0.2, 0.25) is 5.02 Å². The van der Waals surface area contributed by atoms with Gasteiger partial charge >= 0.3 is 0 Å². The molecular weight excluding hydrogens is 374 g/mol. The maximum atomic E-state index is 12.4. The van der Waals surface area contributed by atoms with E-state index in [-0.39, 0.29) is 5.91 Å². The minimum Gasteiger partial charge on any atom is -0.396 e. The van der Waals surface area contributed by atoms with E-state index in [1.54, 1.807) is 24.4 Å². The van der Waals surface area contributed by atoms with Crippen LogP contribution in [0.1, 0.15) is 9.67 Å². The van der Waals surface area contributed by atoms with Crippen molar-refractivity contribution in [2.24, 2.45) is 0 Å². The van der Waals surface area contributed by atoms with Crippen molar-refractivity contribution in [3.63, 3.8) is 0 Å². The van der Waals surface area contributed by atoms with Gasteiger partial charge in [-0.2, -0.15) is 0 Å². The molecule has 0 bridgehead atoms. The van der Waals surface area contributed by atoms with E-state index in [4.69, 9.17) is 17.3 Å². The van der Waals surface area contributed by atoms with Gasteiger partial charge in [-0.3, -0.25) is 9.78 Å². The van der Waals surface area contributed by atoms with E-state index in [0.717, 1.165) is 9.17 Å². The molecule has 4 nitrogen and oxygen atoms in total. The van der Waals surface area contributed by atoms with Crippen molar-refractivity contribution >= 4 is 66.4 Å². The molecule has 1 aromatic carbocycles. The first kappa shape index (κ1) is 14.3. The quantitative estimate of drug-likeness (QED) is 0.683. The summed E-state index contributed by atoms with van der Waals surface area (Å²) in [7, 11) is 0. The number of nitrogens with two attached hydrogens (primary N) is 1. The summed E-state index contributed by atoms with van der Waals surface area (Å²) >= 11 is 10.6. The highest BCUT2D eigenvalue weighted by Gasteiger charge is 2.18. The van der Waals surface area contributed by atoms with Gasteiger partial charge in [-0.05, 0) is 46.3 Å². The van der Waals surface area contributed by atoms with Gasteiger partial charge in [0.15, 0.2) is 0 Å². The third kappa shape index (κ3) is 2.74. The molecule has 3 rings (SSSR count). The van der Waals surface area contributed by atoms with Gasteiger partial charge in [-0.15, -0.1) is 11.3 Å².